The molecule has 1 heterocycles. The molecular weight excluding hydrogens is 142 g/mol. The SMILES string of the molecule is CCOC1=C(/C=N\C)CCO1. The summed E-state index contributed by atoms with van der Waals surface area (Å²) in [6.45, 7) is 3.31. The van der Waals surface area contributed by atoms with Crippen molar-refractivity contribution in [2.45, 2.75) is 13.3 Å². The monoisotopic (exact) mass is 155 g/mol. The van der Waals surface area contributed by atoms with E-state index >= 15 is 0 Å². The molecule has 1 rings (SSSR count). The zero-order chi connectivity index (χ0) is 8.10. The summed E-state index contributed by atoms with van der Waals surface area (Å²) in [6, 6.07) is 0. The zero-order valence-electron chi connectivity index (χ0n) is 6.96. The van der Waals surface area contributed by atoms with Gasteiger partial charge in [-0.1, -0.05) is 0 Å². The third kappa shape index (κ3) is 1.97. The van der Waals surface area contributed by atoms with Crippen LogP contribution in [-0.4, -0.2) is 26.5 Å². The first-order chi connectivity index (χ1) is 5.38. The molecule has 1 aliphatic rings. The molecule has 0 saturated heterocycles. The minimum Gasteiger partial charge on any atom is -0.465 e. The van der Waals surface area contributed by atoms with Gasteiger partial charge < -0.3 is 9.47 Å². The van der Waals surface area contributed by atoms with Crippen LogP contribution >= 0.6 is 0 Å². The zero-order valence-corrected chi connectivity index (χ0v) is 6.96. The van der Waals surface area contributed by atoms with Crippen LogP contribution in [0.25, 0.3) is 0 Å². The van der Waals surface area contributed by atoms with Gasteiger partial charge in [-0.2, -0.15) is 0 Å². The van der Waals surface area contributed by atoms with Crippen LogP contribution in [0.15, 0.2) is 16.5 Å². The number of nitrogens with zero attached hydrogens (tertiary/aromatic N) is 1. The van der Waals surface area contributed by atoms with E-state index in [1.54, 1.807) is 13.3 Å². The fourth-order valence-corrected chi connectivity index (χ4v) is 0.987. The van der Waals surface area contributed by atoms with E-state index in [1.807, 2.05) is 6.92 Å². The topological polar surface area (TPSA) is 30.8 Å². The molecule has 0 atom stereocenters. The Bertz CT molecular complexity index is 185. The average Bonchev–Trinajstić information content (AvgIpc) is 2.39. The molecule has 0 N–H and O–H groups in total. The van der Waals surface area contributed by atoms with Gasteiger partial charge >= 0.3 is 0 Å². The molecule has 0 spiro atoms. The van der Waals surface area contributed by atoms with Crippen LogP contribution in [0.2, 0.25) is 0 Å². The van der Waals surface area contributed by atoms with Gasteiger partial charge in [-0.25, -0.2) is 0 Å². The van der Waals surface area contributed by atoms with Gasteiger partial charge in [-0.05, 0) is 6.92 Å². The Morgan fingerprint density at radius 3 is 3.18 bits per heavy atom. The lowest BCUT2D eigenvalue weighted by Gasteiger charge is -2.03. The van der Waals surface area contributed by atoms with Crippen molar-refractivity contribution in [3.05, 3.63) is 11.5 Å². The van der Waals surface area contributed by atoms with E-state index in [2.05, 4.69) is 4.99 Å². The summed E-state index contributed by atoms with van der Waals surface area (Å²) in [6.07, 6.45) is 2.70. The van der Waals surface area contributed by atoms with E-state index in [-0.39, 0.29) is 0 Å². The van der Waals surface area contributed by atoms with E-state index in [0.717, 1.165) is 18.6 Å². The third-order valence-corrected chi connectivity index (χ3v) is 1.43. The first kappa shape index (κ1) is 8.11. The maximum absolute atomic E-state index is 5.23. The fourth-order valence-electron chi connectivity index (χ4n) is 0.987. The first-order valence-electron chi connectivity index (χ1n) is 3.79. The summed E-state index contributed by atoms with van der Waals surface area (Å²) in [5.41, 5.74) is 1.06. The second kappa shape index (κ2) is 4.01. The highest BCUT2D eigenvalue weighted by Crippen LogP contribution is 2.17. The maximum atomic E-state index is 5.23. The van der Waals surface area contributed by atoms with E-state index in [9.17, 15) is 0 Å². The van der Waals surface area contributed by atoms with Crippen molar-refractivity contribution in [1.29, 1.82) is 0 Å². The lowest BCUT2D eigenvalue weighted by atomic mass is 10.2. The molecule has 0 fully saturated rings. The predicted molar refractivity (Wildman–Crippen MR) is 43.6 cm³/mol. The smallest absolute Gasteiger partial charge is 0.284 e. The van der Waals surface area contributed by atoms with Crippen molar-refractivity contribution in [1.82, 2.24) is 0 Å². The molecule has 3 nitrogen and oxygen atoms in total. The highest BCUT2D eigenvalue weighted by molar-refractivity contribution is 5.79. The number of hydrogen-bond donors (Lipinski definition) is 0. The van der Waals surface area contributed by atoms with Gasteiger partial charge in [0.25, 0.3) is 5.95 Å². The van der Waals surface area contributed by atoms with Crippen molar-refractivity contribution >= 4 is 6.21 Å². The van der Waals surface area contributed by atoms with E-state index in [4.69, 9.17) is 9.47 Å². The third-order valence-electron chi connectivity index (χ3n) is 1.43. The van der Waals surface area contributed by atoms with E-state index in [1.165, 1.54) is 0 Å². The molecule has 0 bridgehead atoms. The van der Waals surface area contributed by atoms with Gasteiger partial charge in [0.2, 0.25) is 0 Å². The quantitative estimate of drug-likeness (QED) is 0.576. The molecule has 0 amide bonds. The van der Waals surface area contributed by atoms with Crippen molar-refractivity contribution in [2.24, 2.45) is 4.99 Å². The largest absolute Gasteiger partial charge is 0.465 e. The fraction of sp³-hybridized carbons (Fsp3) is 0.625. The van der Waals surface area contributed by atoms with Crippen molar-refractivity contribution in [3.63, 3.8) is 0 Å². The number of rotatable bonds is 3. The van der Waals surface area contributed by atoms with Gasteiger partial charge in [-0.15, -0.1) is 0 Å². The standard InChI is InChI=1S/C8H13NO2/c1-3-10-8-7(6-9-2)4-5-11-8/h6H,3-5H2,1-2H3/b9-6-. The van der Waals surface area contributed by atoms with Gasteiger partial charge in [0.15, 0.2) is 0 Å². The van der Waals surface area contributed by atoms with Crippen molar-refractivity contribution in [3.8, 4) is 0 Å². The van der Waals surface area contributed by atoms with Gasteiger partial charge in [0.1, 0.15) is 0 Å². The van der Waals surface area contributed by atoms with Crippen LogP contribution in [0, 0.1) is 0 Å². The minimum atomic E-state index is 0.649. The second-order valence-corrected chi connectivity index (χ2v) is 2.23. The Hall–Kier alpha value is -0.990. The molecule has 0 aromatic heterocycles. The molecule has 62 valence electrons. The van der Waals surface area contributed by atoms with E-state index < -0.39 is 0 Å². The highest BCUT2D eigenvalue weighted by atomic mass is 16.7. The minimum absolute atomic E-state index is 0.649. The molecule has 0 aromatic rings. The molecular formula is C8H13NO2. The molecule has 0 saturated carbocycles. The van der Waals surface area contributed by atoms with Crippen LogP contribution < -0.4 is 0 Å². The lowest BCUT2D eigenvalue weighted by Crippen LogP contribution is -1.94. The normalized spacial score (nSPS) is 17.6. The van der Waals surface area contributed by atoms with Crippen LogP contribution in [0.4, 0.5) is 0 Å². The maximum Gasteiger partial charge on any atom is 0.284 e. The van der Waals surface area contributed by atoms with Crippen molar-refractivity contribution in [2.75, 3.05) is 20.3 Å². The second-order valence-electron chi connectivity index (χ2n) is 2.23. The lowest BCUT2D eigenvalue weighted by molar-refractivity contribution is 0.0592. The van der Waals surface area contributed by atoms with E-state index in [0.29, 0.717) is 12.6 Å². The predicted octanol–water partition coefficient (Wildman–Crippen LogP) is 1.36. The van der Waals surface area contributed by atoms with Crippen molar-refractivity contribution < 1.29 is 9.47 Å². The summed E-state index contributed by atoms with van der Waals surface area (Å²) >= 11 is 0. The summed E-state index contributed by atoms with van der Waals surface area (Å²) in [5, 5.41) is 0. The number of hydrogen-bond acceptors (Lipinski definition) is 3. The molecule has 11 heavy (non-hydrogen) atoms. The highest BCUT2D eigenvalue weighted by Gasteiger charge is 2.14. The molecule has 1 aliphatic heterocycles. The van der Waals surface area contributed by atoms with Gasteiger partial charge in [-0.3, -0.25) is 4.99 Å². The van der Waals surface area contributed by atoms with Crippen LogP contribution in [0.5, 0.6) is 0 Å². The Labute approximate surface area is 66.7 Å². The van der Waals surface area contributed by atoms with Crippen LogP contribution in [-0.2, 0) is 9.47 Å². The summed E-state index contributed by atoms with van der Waals surface area (Å²) in [7, 11) is 1.74. The van der Waals surface area contributed by atoms with Gasteiger partial charge in [0.05, 0.1) is 18.8 Å². The number of aliphatic imine (C=N–C) groups is 1. The Kier molecular flexibility index (Phi) is 2.95. The van der Waals surface area contributed by atoms with Gasteiger partial charge in [0, 0.05) is 19.7 Å². The average molecular weight is 155 g/mol. The van der Waals surface area contributed by atoms with Crippen LogP contribution in [0.3, 0.4) is 0 Å². The molecule has 0 aromatic carbocycles. The number of ether oxygens (including phenoxy) is 2. The molecule has 0 radical (unpaired) electrons. The Morgan fingerprint density at radius 1 is 1.73 bits per heavy atom. The first-order valence-corrected chi connectivity index (χ1v) is 3.79. The molecule has 0 unspecified atom stereocenters. The summed E-state index contributed by atoms with van der Waals surface area (Å²) in [4.78, 5) is 3.91. The molecule has 0 aliphatic carbocycles. The summed E-state index contributed by atoms with van der Waals surface area (Å²) < 4.78 is 10.5. The van der Waals surface area contributed by atoms with Crippen LogP contribution in [0.1, 0.15) is 13.3 Å². The Morgan fingerprint density at radius 2 is 2.55 bits per heavy atom. The summed E-state index contributed by atoms with van der Waals surface area (Å²) in [5.74, 6) is 0.651. The molecule has 3 heteroatoms. The Balaban J connectivity index is 2.61.